The van der Waals surface area contributed by atoms with E-state index < -0.39 is 11.7 Å². The molecule has 0 aromatic heterocycles. The number of hydrogen-bond donors (Lipinski definition) is 2. The van der Waals surface area contributed by atoms with Crippen LogP contribution < -0.4 is 16.0 Å². The molecule has 2 aromatic rings. The predicted molar refractivity (Wildman–Crippen MR) is 84.3 cm³/mol. The van der Waals surface area contributed by atoms with Crippen molar-refractivity contribution in [3.05, 3.63) is 53.3 Å². The molecule has 2 aromatic carbocycles. The molecule has 0 unspecified atom stereocenters. The van der Waals surface area contributed by atoms with Crippen molar-refractivity contribution in [1.82, 2.24) is 0 Å². The van der Waals surface area contributed by atoms with Gasteiger partial charge in [0, 0.05) is 31.2 Å². The summed E-state index contributed by atoms with van der Waals surface area (Å²) < 4.78 is 13.7. The first-order valence-electron chi connectivity index (χ1n) is 6.53. The summed E-state index contributed by atoms with van der Waals surface area (Å²) in [7, 11) is 3.88. The average molecular weight is 287 g/mol. The molecule has 0 spiro atoms. The lowest BCUT2D eigenvalue weighted by molar-refractivity contribution is 0.102. The maximum absolute atomic E-state index is 13.7. The zero-order chi connectivity index (χ0) is 15.6. The molecule has 1 amide bonds. The molecule has 0 aliphatic carbocycles. The van der Waals surface area contributed by atoms with Crippen molar-refractivity contribution in [2.24, 2.45) is 0 Å². The maximum Gasteiger partial charge on any atom is 0.258 e. The van der Waals surface area contributed by atoms with E-state index in [4.69, 9.17) is 5.73 Å². The van der Waals surface area contributed by atoms with Crippen molar-refractivity contribution in [2.75, 3.05) is 30.0 Å². The first kappa shape index (κ1) is 14.8. The number of carbonyl (C=O) groups is 1. The molecular weight excluding hydrogens is 269 g/mol. The molecule has 0 saturated carbocycles. The van der Waals surface area contributed by atoms with Gasteiger partial charge >= 0.3 is 0 Å². The number of nitrogens with zero attached hydrogens (tertiary/aromatic N) is 1. The van der Waals surface area contributed by atoms with Crippen LogP contribution in [-0.2, 0) is 0 Å². The maximum atomic E-state index is 13.7. The summed E-state index contributed by atoms with van der Waals surface area (Å²) >= 11 is 0. The molecule has 21 heavy (non-hydrogen) atoms. The molecule has 110 valence electrons. The minimum atomic E-state index is -0.630. The number of amides is 1. The van der Waals surface area contributed by atoms with Crippen LogP contribution in [0.2, 0.25) is 0 Å². The van der Waals surface area contributed by atoms with Gasteiger partial charge in [-0.25, -0.2) is 4.39 Å². The molecule has 5 heteroatoms. The monoisotopic (exact) mass is 287 g/mol. The number of benzene rings is 2. The highest BCUT2D eigenvalue weighted by Gasteiger charge is 2.13. The Morgan fingerprint density at radius 3 is 2.48 bits per heavy atom. The van der Waals surface area contributed by atoms with Gasteiger partial charge in [0.1, 0.15) is 5.82 Å². The molecule has 0 aliphatic heterocycles. The number of carbonyl (C=O) groups excluding carboxylic acids is 1. The second-order valence-corrected chi connectivity index (χ2v) is 5.09. The number of nitrogen functional groups attached to an aromatic ring is 1. The van der Waals surface area contributed by atoms with Gasteiger partial charge in [0.25, 0.3) is 5.91 Å². The normalized spacial score (nSPS) is 10.3. The van der Waals surface area contributed by atoms with Crippen molar-refractivity contribution < 1.29 is 9.18 Å². The van der Waals surface area contributed by atoms with Gasteiger partial charge < -0.3 is 16.0 Å². The van der Waals surface area contributed by atoms with Gasteiger partial charge in [0.15, 0.2) is 0 Å². The smallest absolute Gasteiger partial charge is 0.258 e. The predicted octanol–water partition coefficient (Wildman–Crippen LogP) is 3.03. The van der Waals surface area contributed by atoms with E-state index in [0.717, 1.165) is 17.3 Å². The van der Waals surface area contributed by atoms with Crippen molar-refractivity contribution in [3.8, 4) is 0 Å². The minimum absolute atomic E-state index is 0.0275. The molecule has 0 radical (unpaired) electrons. The minimum Gasteiger partial charge on any atom is -0.399 e. The Bertz CT molecular complexity index is 683. The number of nitrogens with one attached hydrogen (secondary N) is 1. The third-order valence-corrected chi connectivity index (χ3v) is 3.21. The van der Waals surface area contributed by atoms with Crippen LogP contribution in [0, 0.1) is 12.7 Å². The fraction of sp³-hybridized carbons (Fsp3) is 0.188. The summed E-state index contributed by atoms with van der Waals surface area (Å²) in [5, 5.41) is 2.71. The van der Waals surface area contributed by atoms with E-state index in [1.807, 2.05) is 38.1 Å². The lowest BCUT2D eigenvalue weighted by atomic mass is 10.1. The van der Waals surface area contributed by atoms with E-state index in [1.165, 1.54) is 12.1 Å². The number of hydrogen-bond acceptors (Lipinski definition) is 3. The summed E-state index contributed by atoms with van der Waals surface area (Å²) in [6.45, 7) is 1.89. The fourth-order valence-corrected chi connectivity index (χ4v) is 1.97. The zero-order valence-corrected chi connectivity index (χ0v) is 12.3. The average Bonchev–Trinajstić information content (AvgIpc) is 2.40. The van der Waals surface area contributed by atoms with E-state index >= 15 is 0 Å². The van der Waals surface area contributed by atoms with Crippen molar-refractivity contribution in [2.45, 2.75) is 6.92 Å². The van der Waals surface area contributed by atoms with Crippen LogP contribution >= 0.6 is 0 Å². The van der Waals surface area contributed by atoms with E-state index in [9.17, 15) is 9.18 Å². The third kappa shape index (κ3) is 3.31. The molecule has 0 atom stereocenters. The van der Waals surface area contributed by atoms with Crippen LogP contribution in [0.15, 0.2) is 36.4 Å². The van der Waals surface area contributed by atoms with Gasteiger partial charge in [-0.2, -0.15) is 0 Å². The van der Waals surface area contributed by atoms with Gasteiger partial charge in [-0.15, -0.1) is 0 Å². The van der Waals surface area contributed by atoms with Crippen molar-refractivity contribution in [1.29, 1.82) is 0 Å². The van der Waals surface area contributed by atoms with Crippen LogP contribution in [0.4, 0.5) is 21.5 Å². The van der Waals surface area contributed by atoms with Crippen LogP contribution in [0.25, 0.3) is 0 Å². The summed E-state index contributed by atoms with van der Waals surface area (Å²) in [4.78, 5) is 14.1. The molecule has 0 heterocycles. The Kier molecular flexibility index (Phi) is 4.12. The summed E-state index contributed by atoms with van der Waals surface area (Å²) in [6.07, 6.45) is 0. The Morgan fingerprint density at radius 1 is 1.19 bits per heavy atom. The summed E-state index contributed by atoms with van der Waals surface area (Å²) in [5.74, 6) is -1.12. The van der Waals surface area contributed by atoms with E-state index in [-0.39, 0.29) is 11.3 Å². The highest BCUT2D eigenvalue weighted by molar-refractivity contribution is 6.05. The van der Waals surface area contributed by atoms with Gasteiger partial charge in [-0.3, -0.25) is 4.79 Å². The molecule has 0 fully saturated rings. The number of nitrogens with two attached hydrogens (primary N) is 1. The fourth-order valence-electron chi connectivity index (χ4n) is 1.97. The Labute approximate surface area is 123 Å². The second-order valence-electron chi connectivity index (χ2n) is 5.09. The van der Waals surface area contributed by atoms with Crippen LogP contribution in [0.3, 0.4) is 0 Å². The molecule has 4 nitrogen and oxygen atoms in total. The van der Waals surface area contributed by atoms with Gasteiger partial charge in [0.05, 0.1) is 5.56 Å². The van der Waals surface area contributed by atoms with Crippen LogP contribution in [0.1, 0.15) is 15.9 Å². The molecule has 3 N–H and O–H groups in total. The molecule has 2 rings (SSSR count). The Balaban J connectivity index is 2.23. The lowest BCUT2D eigenvalue weighted by Crippen LogP contribution is -2.15. The number of anilines is 3. The standard InChI is InChI=1S/C16H18FN3O/c1-10-8-12(20(2)3)5-7-15(10)19-16(21)13-6-4-11(18)9-14(13)17/h4-9H,18H2,1-3H3,(H,19,21). The number of aryl methyl sites for hydroxylation is 1. The van der Waals surface area contributed by atoms with Crippen molar-refractivity contribution in [3.63, 3.8) is 0 Å². The largest absolute Gasteiger partial charge is 0.399 e. The summed E-state index contributed by atoms with van der Waals surface area (Å²) in [6, 6.07) is 9.66. The number of rotatable bonds is 3. The van der Waals surface area contributed by atoms with Crippen molar-refractivity contribution >= 4 is 23.0 Å². The topological polar surface area (TPSA) is 58.4 Å². The van der Waals surface area contributed by atoms with Crippen LogP contribution in [-0.4, -0.2) is 20.0 Å². The second kappa shape index (κ2) is 5.83. The number of halogens is 1. The van der Waals surface area contributed by atoms with Gasteiger partial charge in [-0.1, -0.05) is 0 Å². The SMILES string of the molecule is Cc1cc(N(C)C)ccc1NC(=O)c1ccc(N)cc1F. The van der Waals surface area contributed by atoms with Gasteiger partial charge in [-0.05, 0) is 48.9 Å². The van der Waals surface area contributed by atoms with Gasteiger partial charge in [0.2, 0.25) is 0 Å². The summed E-state index contributed by atoms with van der Waals surface area (Å²) in [5.41, 5.74) is 8.33. The highest BCUT2D eigenvalue weighted by atomic mass is 19.1. The molecule has 0 aliphatic rings. The molecule has 0 saturated heterocycles. The van der Waals surface area contributed by atoms with E-state index in [0.29, 0.717) is 5.69 Å². The Hall–Kier alpha value is -2.56. The first-order valence-corrected chi connectivity index (χ1v) is 6.53. The van der Waals surface area contributed by atoms with E-state index in [1.54, 1.807) is 6.07 Å². The van der Waals surface area contributed by atoms with Crippen LogP contribution in [0.5, 0.6) is 0 Å². The molecule has 0 bridgehead atoms. The van der Waals surface area contributed by atoms with E-state index in [2.05, 4.69) is 5.32 Å². The quantitative estimate of drug-likeness (QED) is 0.853. The third-order valence-electron chi connectivity index (χ3n) is 3.21. The molecular formula is C16H18FN3O. The highest BCUT2D eigenvalue weighted by Crippen LogP contribution is 2.22. The Morgan fingerprint density at radius 2 is 1.90 bits per heavy atom. The lowest BCUT2D eigenvalue weighted by Gasteiger charge is -2.15. The first-order chi connectivity index (χ1) is 9.88. The zero-order valence-electron chi connectivity index (χ0n) is 12.3.